The summed E-state index contributed by atoms with van der Waals surface area (Å²) >= 11 is 0. The third kappa shape index (κ3) is 5.47. The molecule has 0 aliphatic carbocycles. The van der Waals surface area contributed by atoms with Crippen molar-refractivity contribution in [3.63, 3.8) is 0 Å². The van der Waals surface area contributed by atoms with Crippen LogP contribution in [-0.4, -0.2) is 76.3 Å². The summed E-state index contributed by atoms with van der Waals surface area (Å²) in [5.41, 5.74) is 0.960. The first-order chi connectivity index (χ1) is 11.4. The fraction of sp³-hybridized carbons (Fsp3) is 0.562. The molecule has 1 saturated heterocycles. The summed E-state index contributed by atoms with van der Waals surface area (Å²) < 4.78 is 35.6. The standard InChI is InChI=1S/C16H24N2O5S/c1-22-15-5-3-4-14(12-15)6-7-18(24(2,20)21)13-16(19)17-8-10-23-11-9-17/h3-5,12H,6-11,13H2,1-2H3. The molecule has 1 aliphatic rings. The van der Waals surface area contributed by atoms with Gasteiger partial charge in [-0.05, 0) is 24.1 Å². The summed E-state index contributed by atoms with van der Waals surface area (Å²) in [6, 6.07) is 7.47. The van der Waals surface area contributed by atoms with Crippen LogP contribution in [0.2, 0.25) is 0 Å². The molecule has 1 aliphatic heterocycles. The zero-order chi connectivity index (χ0) is 17.6. The molecule has 7 nitrogen and oxygen atoms in total. The van der Waals surface area contributed by atoms with Crippen molar-refractivity contribution >= 4 is 15.9 Å². The predicted molar refractivity (Wildman–Crippen MR) is 90.5 cm³/mol. The minimum atomic E-state index is -3.46. The van der Waals surface area contributed by atoms with Crippen LogP contribution < -0.4 is 4.74 Å². The van der Waals surface area contributed by atoms with E-state index in [-0.39, 0.29) is 19.0 Å². The number of carbonyl (C=O) groups excluding carboxylic acids is 1. The van der Waals surface area contributed by atoms with Crippen LogP contribution >= 0.6 is 0 Å². The van der Waals surface area contributed by atoms with Crippen LogP contribution in [0.4, 0.5) is 0 Å². The molecule has 0 unspecified atom stereocenters. The van der Waals surface area contributed by atoms with Crippen LogP contribution in [0, 0.1) is 0 Å². The Morgan fingerprint density at radius 1 is 1.33 bits per heavy atom. The van der Waals surface area contributed by atoms with Gasteiger partial charge in [0.1, 0.15) is 5.75 Å². The predicted octanol–water partition coefficient (Wildman–Crippen LogP) is 0.358. The highest BCUT2D eigenvalue weighted by molar-refractivity contribution is 7.88. The summed E-state index contributed by atoms with van der Waals surface area (Å²) in [6.07, 6.45) is 1.64. The van der Waals surface area contributed by atoms with Gasteiger partial charge < -0.3 is 14.4 Å². The van der Waals surface area contributed by atoms with Gasteiger partial charge in [-0.3, -0.25) is 4.79 Å². The van der Waals surface area contributed by atoms with Gasteiger partial charge in [0.2, 0.25) is 15.9 Å². The highest BCUT2D eigenvalue weighted by Crippen LogP contribution is 2.14. The van der Waals surface area contributed by atoms with Crippen molar-refractivity contribution in [2.45, 2.75) is 6.42 Å². The molecule has 134 valence electrons. The molecular weight excluding hydrogens is 332 g/mol. The van der Waals surface area contributed by atoms with Gasteiger partial charge in [0, 0.05) is 19.6 Å². The smallest absolute Gasteiger partial charge is 0.238 e. The number of sulfonamides is 1. The summed E-state index contributed by atoms with van der Waals surface area (Å²) in [7, 11) is -1.87. The van der Waals surface area contributed by atoms with Gasteiger partial charge >= 0.3 is 0 Å². The Bertz CT molecular complexity index is 656. The maximum atomic E-state index is 12.3. The maximum absolute atomic E-state index is 12.3. The van der Waals surface area contributed by atoms with Crippen molar-refractivity contribution in [3.8, 4) is 5.75 Å². The first-order valence-corrected chi connectivity index (χ1v) is 9.68. The number of morpholine rings is 1. The van der Waals surface area contributed by atoms with Crippen LogP contribution in [-0.2, 0) is 26.0 Å². The van der Waals surface area contributed by atoms with Crippen LogP contribution in [0.15, 0.2) is 24.3 Å². The first-order valence-electron chi connectivity index (χ1n) is 7.83. The Morgan fingerprint density at radius 2 is 2.04 bits per heavy atom. The minimum absolute atomic E-state index is 0.136. The second-order valence-corrected chi connectivity index (χ2v) is 7.67. The third-order valence-corrected chi connectivity index (χ3v) is 5.18. The lowest BCUT2D eigenvalue weighted by atomic mass is 10.1. The van der Waals surface area contributed by atoms with Gasteiger partial charge in [-0.25, -0.2) is 8.42 Å². The van der Waals surface area contributed by atoms with Crippen LogP contribution in [0.25, 0.3) is 0 Å². The van der Waals surface area contributed by atoms with Gasteiger partial charge in [0.25, 0.3) is 0 Å². The van der Waals surface area contributed by atoms with Crippen molar-refractivity contribution in [3.05, 3.63) is 29.8 Å². The molecule has 1 aromatic carbocycles. The number of rotatable bonds is 7. The minimum Gasteiger partial charge on any atom is -0.497 e. The van der Waals surface area contributed by atoms with Gasteiger partial charge in [0.15, 0.2) is 0 Å². The fourth-order valence-electron chi connectivity index (χ4n) is 2.51. The number of carbonyl (C=O) groups is 1. The number of ether oxygens (including phenoxy) is 2. The van der Waals surface area contributed by atoms with Gasteiger partial charge in [-0.2, -0.15) is 4.31 Å². The third-order valence-electron chi connectivity index (χ3n) is 3.93. The molecule has 0 aromatic heterocycles. The number of hydrogen-bond acceptors (Lipinski definition) is 5. The van der Waals surface area contributed by atoms with Crippen LogP contribution in [0.3, 0.4) is 0 Å². The maximum Gasteiger partial charge on any atom is 0.238 e. The average Bonchev–Trinajstić information content (AvgIpc) is 2.58. The lowest BCUT2D eigenvalue weighted by Crippen LogP contribution is -2.47. The number of methoxy groups -OCH3 is 1. The number of hydrogen-bond donors (Lipinski definition) is 0. The number of nitrogens with zero attached hydrogens (tertiary/aromatic N) is 2. The highest BCUT2D eigenvalue weighted by Gasteiger charge is 2.24. The molecule has 0 atom stereocenters. The molecule has 1 fully saturated rings. The van der Waals surface area contributed by atoms with Gasteiger partial charge in [-0.1, -0.05) is 12.1 Å². The normalized spacial score (nSPS) is 15.5. The molecule has 1 amide bonds. The van der Waals surface area contributed by atoms with E-state index in [0.717, 1.165) is 17.6 Å². The van der Waals surface area contributed by atoms with Crippen molar-refractivity contribution in [1.82, 2.24) is 9.21 Å². The molecule has 0 bridgehead atoms. The molecule has 8 heteroatoms. The molecular formula is C16H24N2O5S. The van der Waals surface area contributed by atoms with Gasteiger partial charge in [0.05, 0.1) is 33.1 Å². The van der Waals surface area contributed by atoms with E-state index < -0.39 is 10.0 Å². The summed E-state index contributed by atoms with van der Waals surface area (Å²) in [6.45, 7) is 2.12. The number of benzene rings is 1. The van der Waals surface area contributed by atoms with E-state index in [9.17, 15) is 13.2 Å². The van der Waals surface area contributed by atoms with E-state index in [1.165, 1.54) is 4.31 Å². The van der Waals surface area contributed by atoms with Crippen LogP contribution in [0.5, 0.6) is 5.75 Å². The summed E-state index contributed by atoms with van der Waals surface area (Å²) in [4.78, 5) is 14.0. The molecule has 24 heavy (non-hydrogen) atoms. The quantitative estimate of drug-likeness (QED) is 0.705. The lowest BCUT2D eigenvalue weighted by Gasteiger charge is -2.29. The summed E-state index contributed by atoms with van der Waals surface area (Å²) in [5.74, 6) is 0.539. The van der Waals surface area contributed by atoms with E-state index in [2.05, 4.69) is 0 Å². The second-order valence-electron chi connectivity index (χ2n) is 5.69. The SMILES string of the molecule is COc1cccc(CCN(CC(=O)N2CCOCC2)S(C)(=O)=O)c1. The first kappa shape index (κ1) is 18.7. The Labute approximate surface area is 143 Å². The van der Waals surface area contributed by atoms with E-state index in [0.29, 0.717) is 32.7 Å². The highest BCUT2D eigenvalue weighted by atomic mass is 32.2. The summed E-state index contributed by atoms with van der Waals surface area (Å²) in [5, 5.41) is 0. The zero-order valence-corrected chi connectivity index (χ0v) is 14.9. The molecule has 1 aromatic rings. The van der Waals surface area contributed by atoms with E-state index in [1.807, 2.05) is 24.3 Å². The second kappa shape index (κ2) is 8.46. The largest absolute Gasteiger partial charge is 0.497 e. The lowest BCUT2D eigenvalue weighted by molar-refractivity contribution is -0.135. The van der Waals surface area contributed by atoms with Crippen LogP contribution in [0.1, 0.15) is 5.56 Å². The van der Waals surface area contributed by atoms with Crippen molar-refractivity contribution in [2.24, 2.45) is 0 Å². The van der Waals surface area contributed by atoms with Crippen molar-refractivity contribution < 1.29 is 22.7 Å². The molecule has 0 spiro atoms. The van der Waals surface area contributed by atoms with Crippen molar-refractivity contribution in [2.75, 3.05) is 52.8 Å². The van der Waals surface area contributed by atoms with Crippen molar-refractivity contribution in [1.29, 1.82) is 0 Å². The Hall–Kier alpha value is -1.64. The molecule has 0 N–H and O–H groups in total. The van der Waals surface area contributed by atoms with Gasteiger partial charge in [-0.15, -0.1) is 0 Å². The Kier molecular flexibility index (Phi) is 6.59. The molecule has 0 radical (unpaired) electrons. The monoisotopic (exact) mass is 356 g/mol. The van der Waals surface area contributed by atoms with E-state index in [4.69, 9.17) is 9.47 Å². The Morgan fingerprint density at radius 3 is 2.67 bits per heavy atom. The zero-order valence-electron chi connectivity index (χ0n) is 14.1. The topological polar surface area (TPSA) is 76.2 Å². The Balaban J connectivity index is 1.99. The average molecular weight is 356 g/mol. The molecule has 1 heterocycles. The molecule has 0 saturated carbocycles. The molecule has 2 rings (SSSR count). The van der Waals surface area contributed by atoms with E-state index >= 15 is 0 Å². The van der Waals surface area contributed by atoms with E-state index in [1.54, 1.807) is 12.0 Å². The fourth-order valence-corrected chi connectivity index (χ4v) is 3.28. The number of amides is 1.